The minimum atomic E-state index is -2.61. The second-order valence-electron chi connectivity index (χ2n) is 2.36. The van der Waals surface area contributed by atoms with Crippen LogP contribution in [0.3, 0.4) is 0 Å². The molecule has 0 unspecified atom stereocenters. The Labute approximate surface area is 83.1 Å². The number of rotatable bonds is 2. The summed E-state index contributed by atoms with van der Waals surface area (Å²) in [7, 11) is -2.61. The highest BCUT2D eigenvalue weighted by Gasteiger charge is 1.94. The lowest BCUT2D eigenvalue weighted by Gasteiger charge is -1.93. The monoisotopic (exact) mass is 214 g/mol. The Hall–Kier alpha value is -1.69. The Balaban J connectivity index is 0.000000364. The molecule has 1 rings (SSSR count). The number of amides is 1. The third-order valence-electron chi connectivity index (χ3n) is 1.22. The lowest BCUT2D eigenvalue weighted by Crippen LogP contribution is -2.13. The lowest BCUT2D eigenvalue weighted by atomic mass is 10.1. The van der Waals surface area contributed by atoms with E-state index in [1.54, 1.807) is 0 Å². The normalized spacial score (nSPS) is 8.29. The first-order valence-corrected chi connectivity index (χ1v) is 4.72. The maximum atomic E-state index is 10.4. The third-order valence-corrected chi connectivity index (χ3v) is 1.22. The smallest absolute Gasteiger partial charge is 0.308 e. The molecule has 0 atom stereocenters. The van der Waals surface area contributed by atoms with Gasteiger partial charge in [0.25, 0.3) is 0 Å². The van der Waals surface area contributed by atoms with Gasteiger partial charge in [-0.05, 0) is 5.56 Å². The van der Waals surface area contributed by atoms with Gasteiger partial charge in [-0.3, -0.25) is 4.79 Å². The molecule has 1 amide bonds. The van der Waals surface area contributed by atoms with Crippen LogP contribution in [-0.2, 0) is 21.7 Å². The van der Waals surface area contributed by atoms with E-state index in [0.717, 1.165) is 5.56 Å². The predicted octanol–water partition coefficient (Wildman–Crippen LogP) is 0.342. The molecule has 3 N–H and O–H groups in total. The molecule has 14 heavy (non-hydrogen) atoms. The van der Waals surface area contributed by atoms with Crippen molar-refractivity contribution in [1.29, 1.82) is 4.78 Å². The Bertz CT molecular complexity index is 378. The number of primary amides is 1. The van der Waals surface area contributed by atoms with Crippen LogP contribution in [0.15, 0.2) is 30.3 Å². The van der Waals surface area contributed by atoms with Crippen molar-refractivity contribution < 1.29 is 13.2 Å². The van der Waals surface area contributed by atoms with Crippen molar-refractivity contribution in [1.82, 2.24) is 0 Å². The van der Waals surface area contributed by atoms with E-state index in [9.17, 15) is 4.79 Å². The van der Waals surface area contributed by atoms with Crippen LogP contribution in [-0.4, -0.2) is 14.3 Å². The Morgan fingerprint density at radius 3 is 2.07 bits per heavy atom. The molecule has 0 heterocycles. The minimum Gasteiger partial charge on any atom is -0.369 e. The van der Waals surface area contributed by atoms with Crippen molar-refractivity contribution in [2.75, 3.05) is 0 Å². The number of hydrogen-bond donors (Lipinski definition) is 2. The first-order chi connectivity index (χ1) is 6.52. The molecule has 5 nitrogen and oxygen atoms in total. The lowest BCUT2D eigenvalue weighted by molar-refractivity contribution is -0.117. The van der Waals surface area contributed by atoms with Gasteiger partial charge in [-0.2, -0.15) is 13.2 Å². The fourth-order valence-electron chi connectivity index (χ4n) is 0.797. The number of nitrogens with two attached hydrogens (primary N) is 1. The van der Waals surface area contributed by atoms with Gasteiger partial charge in [0.05, 0.1) is 6.42 Å². The summed E-state index contributed by atoms with van der Waals surface area (Å²) in [5, 5.41) is 0. The van der Waals surface area contributed by atoms with Gasteiger partial charge in [0, 0.05) is 0 Å². The molecule has 6 heteroatoms. The summed E-state index contributed by atoms with van der Waals surface area (Å²) in [5.74, 6) is -0.286. The van der Waals surface area contributed by atoms with Gasteiger partial charge in [0.2, 0.25) is 5.91 Å². The molecule has 0 aliphatic carbocycles. The minimum absolute atomic E-state index is 0.286. The van der Waals surface area contributed by atoms with Crippen LogP contribution in [0.2, 0.25) is 0 Å². The van der Waals surface area contributed by atoms with Gasteiger partial charge in [-0.25, -0.2) is 0 Å². The van der Waals surface area contributed by atoms with Gasteiger partial charge in [0.15, 0.2) is 0 Å². The van der Waals surface area contributed by atoms with E-state index in [0.29, 0.717) is 6.42 Å². The largest absolute Gasteiger partial charge is 0.369 e. The summed E-state index contributed by atoms with van der Waals surface area (Å²) in [6.07, 6.45) is 0.334. The first-order valence-electron chi connectivity index (χ1n) is 3.65. The maximum absolute atomic E-state index is 10.4. The third kappa shape index (κ3) is 8.41. The van der Waals surface area contributed by atoms with E-state index in [1.807, 2.05) is 30.3 Å². The van der Waals surface area contributed by atoms with E-state index in [-0.39, 0.29) is 5.91 Å². The van der Waals surface area contributed by atoms with E-state index >= 15 is 0 Å². The van der Waals surface area contributed by atoms with Crippen molar-refractivity contribution >= 4 is 16.4 Å². The van der Waals surface area contributed by atoms with Crippen LogP contribution < -0.4 is 5.73 Å². The zero-order valence-electron chi connectivity index (χ0n) is 7.30. The second-order valence-corrected chi connectivity index (χ2v) is 2.83. The molecule has 0 aliphatic heterocycles. The van der Waals surface area contributed by atoms with Gasteiger partial charge < -0.3 is 5.73 Å². The summed E-state index contributed by atoms with van der Waals surface area (Å²) in [6, 6.07) is 9.44. The van der Waals surface area contributed by atoms with Crippen LogP contribution in [0.5, 0.6) is 0 Å². The number of hydrogen-bond acceptors (Lipinski definition) is 4. The van der Waals surface area contributed by atoms with Crippen LogP contribution in [0.1, 0.15) is 5.56 Å². The summed E-state index contributed by atoms with van der Waals surface area (Å²) in [6.45, 7) is 0. The molecule has 0 aliphatic rings. The molecule has 76 valence electrons. The number of carbonyl (C=O) groups excluding carboxylic acids is 1. The molecule has 1 aromatic rings. The molecule has 0 bridgehead atoms. The topological polar surface area (TPSA) is 101 Å². The summed E-state index contributed by atoms with van der Waals surface area (Å²) in [4.78, 5) is 10.4. The van der Waals surface area contributed by atoms with E-state index in [1.165, 1.54) is 0 Å². The molecular formula is C8H10N2O3S. The molecule has 0 saturated heterocycles. The van der Waals surface area contributed by atoms with E-state index in [4.69, 9.17) is 18.9 Å². The molecule has 0 spiro atoms. The zero-order valence-corrected chi connectivity index (χ0v) is 8.12. The SMILES string of the molecule is N=S(=O)=O.NC(=O)Cc1ccccc1. The van der Waals surface area contributed by atoms with Crippen molar-refractivity contribution in [3.05, 3.63) is 35.9 Å². The van der Waals surface area contributed by atoms with Crippen LogP contribution in [0.4, 0.5) is 0 Å². The molecule has 0 saturated carbocycles. The molecule has 0 radical (unpaired) electrons. The fraction of sp³-hybridized carbons (Fsp3) is 0.125. The molecule has 1 aromatic carbocycles. The fourth-order valence-corrected chi connectivity index (χ4v) is 0.797. The van der Waals surface area contributed by atoms with Crippen LogP contribution in [0, 0.1) is 4.78 Å². The maximum Gasteiger partial charge on any atom is 0.308 e. The highest BCUT2D eigenvalue weighted by atomic mass is 32.2. The average molecular weight is 214 g/mol. The molecule has 0 fully saturated rings. The zero-order chi connectivity index (χ0) is 11.0. The van der Waals surface area contributed by atoms with Gasteiger partial charge >= 0.3 is 10.5 Å². The van der Waals surface area contributed by atoms with Crippen LogP contribution in [0.25, 0.3) is 0 Å². The van der Waals surface area contributed by atoms with Crippen molar-refractivity contribution in [3.63, 3.8) is 0 Å². The Morgan fingerprint density at radius 2 is 1.71 bits per heavy atom. The van der Waals surface area contributed by atoms with Gasteiger partial charge in [-0.15, -0.1) is 0 Å². The van der Waals surface area contributed by atoms with E-state index < -0.39 is 10.5 Å². The molecule has 0 aromatic heterocycles. The predicted molar refractivity (Wildman–Crippen MR) is 51.0 cm³/mol. The quantitative estimate of drug-likeness (QED) is 0.742. The second kappa shape index (κ2) is 6.79. The van der Waals surface area contributed by atoms with Crippen molar-refractivity contribution in [2.24, 2.45) is 5.73 Å². The number of benzene rings is 1. The van der Waals surface area contributed by atoms with Crippen molar-refractivity contribution in [3.8, 4) is 0 Å². The molecular weight excluding hydrogens is 204 g/mol. The van der Waals surface area contributed by atoms with E-state index in [2.05, 4.69) is 0 Å². The van der Waals surface area contributed by atoms with Crippen molar-refractivity contribution in [2.45, 2.75) is 6.42 Å². The Morgan fingerprint density at radius 1 is 1.29 bits per heavy atom. The van der Waals surface area contributed by atoms with Crippen LogP contribution >= 0.6 is 0 Å². The summed E-state index contributed by atoms with van der Waals surface area (Å²) < 4.78 is 22.8. The number of nitrogens with one attached hydrogen (secondary N) is 1. The average Bonchev–Trinajstić information content (AvgIpc) is 2.03. The van der Waals surface area contributed by atoms with Gasteiger partial charge in [0.1, 0.15) is 0 Å². The highest BCUT2D eigenvalue weighted by Crippen LogP contribution is 1.97. The number of carbonyl (C=O) groups is 1. The first kappa shape index (κ1) is 12.3. The standard InChI is InChI=1S/C8H9NO.HNO2S/c9-8(10)6-7-4-2-1-3-5-7;1-4(2)3/h1-5H,6H2,(H2,9,10);1H. The Kier molecular flexibility index (Phi) is 5.97. The highest BCUT2D eigenvalue weighted by molar-refractivity contribution is 7.60. The summed E-state index contributed by atoms with van der Waals surface area (Å²) >= 11 is 0. The summed E-state index contributed by atoms with van der Waals surface area (Å²) in [5.41, 5.74) is 5.95. The van der Waals surface area contributed by atoms with Gasteiger partial charge in [-0.1, -0.05) is 30.3 Å².